The van der Waals surface area contributed by atoms with Crippen LogP contribution in [0.3, 0.4) is 0 Å². The Balaban J connectivity index is 1.14. The van der Waals surface area contributed by atoms with Gasteiger partial charge in [-0.1, -0.05) is 71.0 Å². The maximum absolute atomic E-state index is 13.5. The van der Waals surface area contributed by atoms with Crippen LogP contribution in [0, 0.1) is 56.7 Å². The van der Waals surface area contributed by atoms with E-state index in [1.165, 1.54) is 17.7 Å². The molecule has 5 fully saturated rings. The van der Waals surface area contributed by atoms with Crippen LogP contribution >= 0.6 is 0 Å². The lowest BCUT2D eigenvalue weighted by Gasteiger charge is -2.73. The van der Waals surface area contributed by atoms with E-state index in [9.17, 15) is 29.4 Å². The molecule has 290 valence electrons. The van der Waals surface area contributed by atoms with Crippen molar-refractivity contribution in [2.24, 2.45) is 56.7 Å². The van der Waals surface area contributed by atoms with Crippen molar-refractivity contribution >= 4 is 23.9 Å². The van der Waals surface area contributed by atoms with Gasteiger partial charge in [-0.3, -0.25) is 0 Å². The van der Waals surface area contributed by atoms with Crippen molar-refractivity contribution in [2.75, 3.05) is 6.61 Å². The fraction of sp³-hybridized carbons (Fsp3) is 0.609. The molecule has 0 saturated heterocycles. The van der Waals surface area contributed by atoms with Crippen LogP contribution in [0.4, 0.5) is 0 Å². The molecule has 5 saturated carbocycles. The highest BCUT2D eigenvalue weighted by Crippen LogP contribution is 2.77. The normalized spacial score (nSPS) is 37.7. The molecule has 8 heteroatoms. The molecule has 10 atom stereocenters. The highest BCUT2D eigenvalue weighted by molar-refractivity contribution is 6.03. The number of ether oxygens (including phenoxy) is 2. The van der Waals surface area contributed by atoms with Gasteiger partial charge in [0.15, 0.2) is 0 Å². The monoisotopic (exact) mass is 738 g/mol. The Morgan fingerprint density at radius 1 is 0.685 bits per heavy atom. The van der Waals surface area contributed by atoms with Gasteiger partial charge in [0.2, 0.25) is 0 Å². The molecule has 0 unspecified atom stereocenters. The average molecular weight is 739 g/mol. The third-order valence-corrected chi connectivity index (χ3v) is 16.7. The zero-order chi connectivity index (χ0) is 39.0. The summed E-state index contributed by atoms with van der Waals surface area (Å²) in [5, 5.41) is 19.5. The van der Waals surface area contributed by atoms with Gasteiger partial charge in [-0.2, -0.15) is 0 Å². The lowest BCUT2D eigenvalue weighted by atomic mass is 9.32. The molecule has 2 aromatic rings. The summed E-state index contributed by atoms with van der Waals surface area (Å²) >= 11 is 0. The molecule has 5 aliphatic rings. The van der Waals surface area contributed by atoms with Crippen LogP contribution < -0.4 is 0 Å². The molecule has 5 aliphatic carbocycles. The van der Waals surface area contributed by atoms with Gasteiger partial charge in [0.25, 0.3) is 0 Å². The lowest BCUT2D eigenvalue weighted by molar-refractivity contribution is -0.249. The molecular formula is C46H58O8. The molecule has 0 aromatic heterocycles. The van der Waals surface area contributed by atoms with E-state index in [2.05, 4.69) is 48.1 Å². The van der Waals surface area contributed by atoms with Gasteiger partial charge < -0.3 is 19.7 Å². The van der Waals surface area contributed by atoms with Gasteiger partial charge in [-0.05, 0) is 141 Å². The number of esters is 2. The van der Waals surface area contributed by atoms with Crippen molar-refractivity contribution in [3.8, 4) is 0 Å². The molecular weight excluding hydrogens is 680 g/mol. The number of aromatic carboxylic acids is 2. The summed E-state index contributed by atoms with van der Waals surface area (Å²) in [6, 6.07) is 12.6. The fourth-order valence-electron chi connectivity index (χ4n) is 13.9. The number of fused-ring (bicyclic) bond motifs is 7. The van der Waals surface area contributed by atoms with Crippen LogP contribution in [0.5, 0.6) is 0 Å². The summed E-state index contributed by atoms with van der Waals surface area (Å²) in [4.78, 5) is 50.7. The maximum atomic E-state index is 13.5. The van der Waals surface area contributed by atoms with Gasteiger partial charge in [-0.15, -0.1) is 0 Å². The molecule has 54 heavy (non-hydrogen) atoms. The van der Waals surface area contributed by atoms with Crippen LogP contribution in [0.2, 0.25) is 0 Å². The van der Waals surface area contributed by atoms with Crippen molar-refractivity contribution in [3.05, 3.63) is 82.9 Å². The molecule has 8 nitrogen and oxygen atoms in total. The minimum Gasteiger partial charge on any atom is -0.478 e. The van der Waals surface area contributed by atoms with E-state index in [1.54, 1.807) is 36.4 Å². The summed E-state index contributed by atoms with van der Waals surface area (Å²) in [5.41, 5.74) is 1.09. The van der Waals surface area contributed by atoms with Crippen molar-refractivity contribution in [1.29, 1.82) is 0 Å². The lowest BCUT2D eigenvalue weighted by Crippen LogP contribution is -2.67. The van der Waals surface area contributed by atoms with Crippen LogP contribution in [0.25, 0.3) is 0 Å². The number of rotatable bonds is 8. The average Bonchev–Trinajstić information content (AvgIpc) is 3.52. The minimum atomic E-state index is -1.14. The largest absolute Gasteiger partial charge is 0.478 e. The molecule has 7 rings (SSSR count). The predicted molar refractivity (Wildman–Crippen MR) is 205 cm³/mol. The second-order valence-electron chi connectivity index (χ2n) is 19.1. The second-order valence-corrected chi connectivity index (χ2v) is 19.1. The van der Waals surface area contributed by atoms with E-state index in [4.69, 9.17) is 9.47 Å². The smallest absolute Gasteiger partial charge is 0.339 e. The van der Waals surface area contributed by atoms with E-state index in [-0.39, 0.29) is 55.4 Å². The molecule has 0 radical (unpaired) electrons. The van der Waals surface area contributed by atoms with E-state index >= 15 is 0 Å². The number of allylic oxidation sites excluding steroid dienone is 1. The first-order valence-corrected chi connectivity index (χ1v) is 20.1. The molecule has 0 amide bonds. The summed E-state index contributed by atoms with van der Waals surface area (Å²) in [5.74, 6) is -1.43. The molecule has 0 spiro atoms. The van der Waals surface area contributed by atoms with Crippen molar-refractivity contribution < 1.29 is 38.9 Å². The Bertz CT molecular complexity index is 1880. The van der Waals surface area contributed by atoms with E-state index in [0.717, 1.165) is 64.2 Å². The first-order chi connectivity index (χ1) is 25.4. The van der Waals surface area contributed by atoms with Gasteiger partial charge in [-0.25, -0.2) is 19.2 Å². The van der Waals surface area contributed by atoms with Crippen LogP contribution in [0.15, 0.2) is 60.7 Å². The SMILES string of the molecule is C=C(C)[C@H]1CC[C@@]2(COC(=O)c3ccccc3C(=O)O)CC[C@@]3(C)[C@@H](CC[C@H]4[C@]5(C)CC[C@H](OC(=O)c6ccccc6C(=O)O)C(C)(C)[C@@H]5CC[C@@]43C)[C@H]12. The Labute approximate surface area is 320 Å². The van der Waals surface area contributed by atoms with Gasteiger partial charge in [0, 0.05) is 10.8 Å². The Morgan fingerprint density at radius 3 is 1.87 bits per heavy atom. The summed E-state index contributed by atoms with van der Waals surface area (Å²) in [6.07, 6.45) is 9.77. The molecule has 0 bridgehead atoms. The summed E-state index contributed by atoms with van der Waals surface area (Å²) in [7, 11) is 0. The van der Waals surface area contributed by atoms with Gasteiger partial charge in [0.1, 0.15) is 6.10 Å². The van der Waals surface area contributed by atoms with Gasteiger partial charge in [0.05, 0.1) is 28.9 Å². The quantitative estimate of drug-likeness (QED) is 0.202. The Kier molecular flexibility index (Phi) is 9.49. The van der Waals surface area contributed by atoms with Crippen molar-refractivity contribution in [3.63, 3.8) is 0 Å². The van der Waals surface area contributed by atoms with Crippen LogP contribution in [0.1, 0.15) is 147 Å². The van der Waals surface area contributed by atoms with E-state index < -0.39 is 23.9 Å². The third-order valence-electron chi connectivity index (χ3n) is 16.7. The molecule has 0 aliphatic heterocycles. The zero-order valence-corrected chi connectivity index (χ0v) is 32.9. The zero-order valence-electron chi connectivity index (χ0n) is 32.9. The highest BCUT2D eigenvalue weighted by atomic mass is 16.5. The highest BCUT2D eigenvalue weighted by Gasteiger charge is 2.71. The molecule has 0 heterocycles. The Hall–Kier alpha value is -3.94. The second kappa shape index (κ2) is 13.4. The van der Waals surface area contributed by atoms with Crippen molar-refractivity contribution in [2.45, 2.75) is 112 Å². The van der Waals surface area contributed by atoms with E-state index in [1.807, 2.05) is 0 Å². The minimum absolute atomic E-state index is 0.0336. The number of carboxylic acid groups (broad SMARTS) is 2. The fourth-order valence-corrected chi connectivity index (χ4v) is 13.9. The van der Waals surface area contributed by atoms with Crippen LogP contribution in [-0.4, -0.2) is 46.8 Å². The molecule has 2 aromatic carbocycles. The maximum Gasteiger partial charge on any atom is 0.339 e. The number of hydrogen-bond acceptors (Lipinski definition) is 6. The molecule has 2 N–H and O–H groups in total. The third kappa shape index (κ3) is 5.67. The standard InChI is InChI=1S/C46H58O8/c1-27(2)28-18-23-46(26-53-40(51)31-14-10-8-12-29(31)38(47)48)25-24-44(6)33(37(28)46)16-17-35-43(5)21-20-36(42(3,4)34(43)19-22-45(35,44)7)54-41(52)32-15-11-9-13-30(32)39(49)50/h8-15,28,33-37H,1,16-26H2,2-7H3,(H,47,48)(H,49,50)/t28-,33+,34+,35+,36+,37+,43-,44+,45+,46+/m1/s1. The van der Waals surface area contributed by atoms with Crippen molar-refractivity contribution in [1.82, 2.24) is 0 Å². The van der Waals surface area contributed by atoms with Crippen LogP contribution in [-0.2, 0) is 9.47 Å². The number of carbonyl (C=O) groups is 4. The van der Waals surface area contributed by atoms with E-state index in [0.29, 0.717) is 36.2 Å². The Morgan fingerprint density at radius 2 is 1.28 bits per heavy atom. The predicted octanol–water partition coefficient (Wildman–Crippen LogP) is 10.1. The first kappa shape index (κ1) is 38.3. The summed E-state index contributed by atoms with van der Waals surface area (Å²) < 4.78 is 12.4. The number of carboxylic acids is 2. The van der Waals surface area contributed by atoms with Gasteiger partial charge >= 0.3 is 23.9 Å². The summed E-state index contributed by atoms with van der Waals surface area (Å²) in [6.45, 7) is 19.1. The number of hydrogen-bond donors (Lipinski definition) is 2. The number of carbonyl (C=O) groups excluding carboxylic acids is 2. The number of benzene rings is 2. The first-order valence-electron chi connectivity index (χ1n) is 20.1. The topological polar surface area (TPSA) is 127 Å².